The molecule has 0 bridgehead atoms. The van der Waals surface area contributed by atoms with Crippen LogP contribution in [-0.4, -0.2) is 13.1 Å². The fraction of sp³-hybridized carbons (Fsp3) is 0.905. The van der Waals surface area contributed by atoms with Crippen LogP contribution in [0.5, 0.6) is 0 Å². The van der Waals surface area contributed by atoms with Crippen LogP contribution in [-0.2, 0) is 9.53 Å². The van der Waals surface area contributed by atoms with Gasteiger partial charge in [-0.2, -0.15) is 0 Å². The number of esters is 1. The van der Waals surface area contributed by atoms with Crippen LogP contribution in [0.4, 0.5) is 0 Å². The quantitative estimate of drug-likeness (QED) is 0.252. The molecule has 2 fully saturated rings. The van der Waals surface area contributed by atoms with E-state index in [1.54, 1.807) is 0 Å². The van der Waals surface area contributed by atoms with Crippen molar-refractivity contribution in [2.24, 2.45) is 0 Å². The van der Waals surface area contributed by atoms with Crippen molar-refractivity contribution in [2.45, 2.75) is 116 Å². The molecule has 2 aliphatic rings. The summed E-state index contributed by atoms with van der Waals surface area (Å²) < 4.78 is 4.62. The van der Waals surface area contributed by atoms with E-state index in [2.05, 4.69) is 4.74 Å². The number of unbranched alkanes of at least 4 members (excludes halogenated alkanes) is 6. The second-order valence-corrected chi connectivity index (χ2v) is 7.28. The molecule has 0 spiro atoms. The van der Waals surface area contributed by atoms with Gasteiger partial charge in [-0.05, 0) is 32.1 Å². The van der Waals surface area contributed by atoms with Crippen LogP contribution in [0.15, 0.2) is 0 Å². The molecule has 2 saturated carbocycles. The largest absolute Gasteiger partial charge is 0.469 e. The second-order valence-electron chi connectivity index (χ2n) is 7.28. The molecular weight excluding hydrogens is 284 g/mol. The summed E-state index contributed by atoms with van der Waals surface area (Å²) in [5.41, 5.74) is 0. The third-order valence-electron chi connectivity index (χ3n) is 5.20. The maximum atomic E-state index is 10.9. The van der Waals surface area contributed by atoms with Crippen LogP contribution < -0.4 is 0 Å². The molecule has 2 nitrogen and oxygen atoms in total. The summed E-state index contributed by atoms with van der Waals surface area (Å²) >= 11 is 0. The van der Waals surface area contributed by atoms with Crippen LogP contribution in [0.1, 0.15) is 116 Å². The van der Waals surface area contributed by atoms with Crippen molar-refractivity contribution in [3.8, 4) is 0 Å². The molecular formula is C21H39O2+. The molecule has 2 aliphatic carbocycles. The van der Waals surface area contributed by atoms with E-state index in [9.17, 15) is 4.79 Å². The molecule has 0 N–H and O–H groups in total. The lowest BCUT2D eigenvalue weighted by atomic mass is 9.99. The van der Waals surface area contributed by atoms with E-state index in [-0.39, 0.29) is 5.97 Å². The van der Waals surface area contributed by atoms with Gasteiger partial charge in [-0.25, -0.2) is 0 Å². The van der Waals surface area contributed by atoms with Gasteiger partial charge in [0.25, 0.3) is 0 Å². The molecule has 0 radical (unpaired) electrons. The maximum Gasteiger partial charge on any atom is 0.305 e. The van der Waals surface area contributed by atoms with Crippen molar-refractivity contribution >= 4 is 5.97 Å². The number of hydrogen-bond acceptors (Lipinski definition) is 2. The summed E-state index contributed by atoms with van der Waals surface area (Å²) in [6.07, 6.45) is 24.1. The lowest BCUT2D eigenvalue weighted by molar-refractivity contribution is -0.140. The highest BCUT2D eigenvalue weighted by molar-refractivity contribution is 5.68. The van der Waals surface area contributed by atoms with Crippen LogP contribution in [0, 0.1) is 5.92 Å². The highest BCUT2D eigenvalue weighted by Crippen LogP contribution is 2.31. The third kappa shape index (κ3) is 12.4. The van der Waals surface area contributed by atoms with Crippen LogP contribution >= 0.6 is 0 Å². The van der Waals surface area contributed by atoms with Crippen molar-refractivity contribution in [3.63, 3.8) is 0 Å². The molecule has 2 heteroatoms. The molecule has 0 aromatic rings. The number of hydrogen-bond donors (Lipinski definition) is 0. The standard InChI is InChI=1S/C16H29O2.C5H10/c1-18-16(17)14-8-6-4-2-3-5-7-11-15-12-9-10-13-15;1-2-4-5-3-1/h2-14H2,1H3;1-5H2/q+1;. The summed E-state index contributed by atoms with van der Waals surface area (Å²) in [5.74, 6) is 1.76. The predicted molar refractivity (Wildman–Crippen MR) is 98.4 cm³/mol. The summed E-state index contributed by atoms with van der Waals surface area (Å²) in [6, 6.07) is 0. The normalized spacial score (nSPS) is 17.0. The minimum Gasteiger partial charge on any atom is -0.469 e. The zero-order valence-electron chi connectivity index (χ0n) is 15.5. The van der Waals surface area contributed by atoms with Gasteiger partial charge < -0.3 is 4.74 Å². The van der Waals surface area contributed by atoms with E-state index in [1.165, 1.54) is 110 Å². The van der Waals surface area contributed by atoms with E-state index in [4.69, 9.17) is 0 Å². The first-order valence-corrected chi connectivity index (χ1v) is 10.2. The molecule has 0 atom stereocenters. The average Bonchev–Trinajstić information content (AvgIpc) is 3.28. The summed E-state index contributed by atoms with van der Waals surface area (Å²) in [6.45, 7) is 0. The van der Waals surface area contributed by atoms with Gasteiger partial charge in [-0.1, -0.05) is 57.8 Å². The van der Waals surface area contributed by atoms with Crippen molar-refractivity contribution in [1.82, 2.24) is 0 Å². The van der Waals surface area contributed by atoms with Gasteiger partial charge in [-0.15, -0.1) is 0 Å². The molecule has 134 valence electrons. The zero-order valence-corrected chi connectivity index (χ0v) is 15.5. The van der Waals surface area contributed by atoms with Gasteiger partial charge in [0.2, 0.25) is 0 Å². The number of methoxy groups -OCH3 is 1. The maximum absolute atomic E-state index is 10.9. The molecule has 0 saturated heterocycles. The monoisotopic (exact) mass is 323 g/mol. The summed E-state index contributed by atoms with van der Waals surface area (Å²) in [5, 5.41) is 0. The lowest BCUT2D eigenvalue weighted by Crippen LogP contribution is -1.99. The first kappa shape index (κ1) is 20.4. The molecule has 0 aromatic carbocycles. The third-order valence-corrected chi connectivity index (χ3v) is 5.20. The molecule has 0 amide bonds. The molecule has 0 aliphatic heterocycles. The highest BCUT2D eigenvalue weighted by Gasteiger charge is 2.24. The Morgan fingerprint density at radius 3 is 1.74 bits per heavy atom. The topological polar surface area (TPSA) is 26.3 Å². The smallest absolute Gasteiger partial charge is 0.305 e. The first-order valence-electron chi connectivity index (χ1n) is 10.2. The van der Waals surface area contributed by atoms with Crippen molar-refractivity contribution in [1.29, 1.82) is 0 Å². The van der Waals surface area contributed by atoms with Gasteiger partial charge in [0.1, 0.15) is 0 Å². The fourth-order valence-corrected chi connectivity index (χ4v) is 3.64. The Hall–Kier alpha value is -0.660. The van der Waals surface area contributed by atoms with E-state index < -0.39 is 0 Å². The Morgan fingerprint density at radius 2 is 1.22 bits per heavy atom. The van der Waals surface area contributed by atoms with E-state index in [0.29, 0.717) is 6.42 Å². The van der Waals surface area contributed by atoms with Gasteiger partial charge in [0.15, 0.2) is 0 Å². The molecule has 23 heavy (non-hydrogen) atoms. The Morgan fingerprint density at radius 1 is 0.739 bits per heavy atom. The fourth-order valence-electron chi connectivity index (χ4n) is 3.64. The second kappa shape index (κ2) is 14.9. The predicted octanol–water partition coefficient (Wildman–Crippen LogP) is 6.77. The van der Waals surface area contributed by atoms with E-state index in [0.717, 1.165) is 6.42 Å². The Labute approximate surface area is 144 Å². The highest BCUT2D eigenvalue weighted by atomic mass is 16.5. The summed E-state index contributed by atoms with van der Waals surface area (Å²) in [7, 11) is 1.46. The summed E-state index contributed by atoms with van der Waals surface area (Å²) in [4.78, 5) is 10.9. The van der Waals surface area contributed by atoms with Crippen LogP contribution in [0.2, 0.25) is 0 Å². The van der Waals surface area contributed by atoms with Gasteiger partial charge in [0, 0.05) is 6.42 Å². The average molecular weight is 324 g/mol. The van der Waals surface area contributed by atoms with Crippen LogP contribution in [0.25, 0.3) is 0 Å². The molecule has 0 heterocycles. The minimum atomic E-state index is -0.0661. The van der Waals surface area contributed by atoms with Crippen molar-refractivity contribution < 1.29 is 9.53 Å². The zero-order chi connectivity index (χ0) is 16.6. The number of carbonyl (C=O) groups is 1. The Balaban J connectivity index is 0.000000446. The lowest BCUT2D eigenvalue weighted by Gasteiger charge is -2.02. The minimum absolute atomic E-state index is 0.0661. The number of rotatable bonds is 10. The van der Waals surface area contributed by atoms with Crippen molar-refractivity contribution in [3.05, 3.63) is 5.92 Å². The molecule has 0 unspecified atom stereocenters. The van der Waals surface area contributed by atoms with Crippen LogP contribution in [0.3, 0.4) is 0 Å². The Bertz CT molecular complexity index is 257. The van der Waals surface area contributed by atoms with E-state index >= 15 is 0 Å². The van der Waals surface area contributed by atoms with Gasteiger partial charge >= 0.3 is 5.97 Å². The van der Waals surface area contributed by atoms with Crippen molar-refractivity contribution in [2.75, 3.05) is 7.11 Å². The molecule has 0 aromatic heterocycles. The number of carbonyl (C=O) groups excluding carboxylic acids is 1. The SMILES string of the molecule is C1CCCC1.COC(=O)CCCCCCCCC[C+]1CCCC1. The first-order chi connectivity index (χ1) is 11.3. The Kier molecular flexibility index (Phi) is 13.2. The van der Waals surface area contributed by atoms with Gasteiger partial charge in [0.05, 0.1) is 32.3 Å². The van der Waals surface area contributed by atoms with Gasteiger partial charge in [-0.3, -0.25) is 4.79 Å². The van der Waals surface area contributed by atoms with E-state index in [1.807, 2.05) is 5.92 Å². The molecule has 2 rings (SSSR count). The number of ether oxygens (including phenoxy) is 1.